The smallest absolute Gasteiger partial charge is 0.341 e. The summed E-state index contributed by atoms with van der Waals surface area (Å²) >= 11 is 0. The fourth-order valence-corrected chi connectivity index (χ4v) is 2.17. The van der Waals surface area contributed by atoms with Gasteiger partial charge in [0.05, 0.1) is 27.6 Å². The van der Waals surface area contributed by atoms with Gasteiger partial charge in [0.25, 0.3) is 11.6 Å². The third-order valence-corrected chi connectivity index (χ3v) is 3.58. The highest BCUT2D eigenvalue weighted by molar-refractivity contribution is 5.99. The summed E-state index contributed by atoms with van der Waals surface area (Å²) in [5, 5.41) is 17.5. The second-order valence-electron chi connectivity index (χ2n) is 5.32. The molecule has 0 radical (unpaired) electrons. The van der Waals surface area contributed by atoms with Gasteiger partial charge in [0.1, 0.15) is 0 Å². The van der Waals surface area contributed by atoms with Crippen molar-refractivity contribution in [2.24, 2.45) is 7.05 Å². The quantitative estimate of drug-likeness (QED) is 0.359. The Morgan fingerprint density at radius 1 is 1.40 bits per heavy atom. The lowest BCUT2D eigenvalue weighted by molar-refractivity contribution is -0.384. The first kappa shape index (κ1) is 17.9. The van der Waals surface area contributed by atoms with E-state index >= 15 is 0 Å². The maximum absolute atomic E-state index is 12.0. The van der Waals surface area contributed by atoms with Gasteiger partial charge < -0.3 is 15.8 Å². The minimum atomic E-state index is -0.920. The Kier molecular flexibility index (Phi) is 5.01. The number of rotatable bonds is 5. The number of benzene rings is 1. The molecule has 1 aromatic heterocycles. The summed E-state index contributed by atoms with van der Waals surface area (Å²) in [5.74, 6) is -1.48. The normalized spacial score (nSPS) is 10.4. The number of hydrogen-bond acceptors (Lipinski definition) is 7. The van der Waals surface area contributed by atoms with Gasteiger partial charge in [-0.2, -0.15) is 5.10 Å². The molecule has 0 unspecified atom stereocenters. The number of nitrogens with two attached hydrogens (primary N) is 1. The van der Waals surface area contributed by atoms with Gasteiger partial charge in [-0.25, -0.2) is 4.79 Å². The molecule has 0 aliphatic rings. The summed E-state index contributed by atoms with van der Waals surface area (Å²) in [7, 11) is 1.74. The molecule has 0 bridgehead atoms. The van der Waals surface area contributed by atoms with Gasteiger partial charge >= 0.3 is 5.97 Å². The number of nitrogens with one attached hydrogen (secondary N) is 1. The van der Waals surface area contributed by atoms with Crippen LogP contribution in [-0.4, -0.2) is 33.2 Å². The highest BCUT2D eigenvalue weighted by atomic mass is 16.6. The van der Waals surface area contributed by atoms with Crippen LogP contribution in [0.25, 0.3) is 0 Å². The third-order valence-electron chi connectivity index (χ3n) is 3.58. The third kappa shape index (κ3) is 3.91. The number of non-ortho nitro benzene ring substituents is 1. The molecule has 2 aromatic rings. The number of esters is 1. The number of hydrogen-bond donors (Lipinski definition) is 2. The Morgan fingerprint density at radius 2 is 2.08 bits per heavy atom. The number of nitrogens with zero attached hydrogens (tertiary/aromatic N) is 3. The number of carbonyl (C=O) groups is 2. The van der Waals surface area contributed by atoms with Gasteiger partial charge in [-0.15, -0.1) is 0 Å². The predicted octanol–water partition coefficient (Wildman–Crippen LogP) is 1.32. The fraction of sp³-hybridized carbons (Fsp3) is 0.267. The van der Waals surface area contributed by atoms with Crippen LogP contribution in [0.4, 0.5) is 17.1 Å². The summed E-state index contributed by atoms with van der Waals surface area (Å²) in [4.78, 5) is 34.1. The second kappa shape index (κ2) is 6.99. The van der Waals surface area contributed by atoms with E-state index in [0.29, 0.717) is 11.4 Å². The van der Waals surface area contributed by atoms with Crippen LogP contribution in [0.5, 0.6) is 0 Å². The van der Waals surface area contributed by atoms with Crippen LogP contribution in [-0.2, 0) is 16.6 Å². The van der Waals surface area contributed by atoms with Crippen molar-refractivity contribution in [1.29, 1.82) is 0 Å². The maximum Gasteiger partial charge on any atom is 0.341 e. The lowest BCUT2D eigenvalue weighted by Gasteiger charge is -2.08. The fourth-order valence-electron chi connectivity index (χ4n) is 2.17. The number of nitrogen functional groups attached to an aromatic ring is 1. The average Bonchev–Trinajstić information content (AvgIpc) is 2.79. The minimum Gasteiger partial charge on any atom is -0.452 e. The number of nitro groups is 1. The van der Waals surface area contributed by atoms with Crippen molar-refractivity contribution in [3.63, 3.8) is 0 Å². The molecule has 1 amide bonds. The van der Waals surface area contributed by atoms with Crippen LogP contribution < -0.4 is 11.1 Å². The van der Waals surface area contributed by atoms with Crippen molar-refractivity contribution in [1.82, 2.24) is 9.78 Å². The molecule has 0 atom stereocenters. The minimum absolute atomic E-state index is 0.0231. The topological polar surface area (TPSA) is 142 Å². The Bertz CT molecular complexity index is 858. The zero-order valence-corrected chi connectivity index (χ0v) is 13.9. The standard InChI is InChI=1S/C15H17N5O5/c1-8-14(9(2)19(3)18-8)17-13(21)7-25-15(22)11-6-10(20(23)24)4-5-12(11)16/h4-6H,7,16H2,1-3H3,(H,17,21). The Morgan fingerprint density at radius 3 is 2.64 bits per heavy atom. The molecular weight excluding hydrogens is 330 g/mol. The van der Waals surface area contributed by atoms with Crippen molar-refractivity contribution in [3.05, 3.63) is 45.3 Å². The van der Waals surface area contributed by atoms with Gasteiger partial charge in [-0.3, -0.25) is 19.6 Å². The molecule has 0 aliphatic heterocycles. The molecule has 25 heavy (non-hydrogen) atoms. The maximum atomic E-state index is 12.0. The Labute approximate surface area is 142 Å². The predicted molar refractivity (Wildman–Crippen MR) is 89.1 cm³/mol. The molecule has 10 nitrogen and oxygen atoms in total. The van der Waals surface area contributed by atoms with E-state index in [1.54, 1.807) is 25.6 Å². The highest BCUT2D eigenvalue weighted by Crippen LogP contribution is 2.21. The van der Waals surface area contributed by atoms with Crippen LogP contribution in [0.3, 0.4) is 0 Å². The molecule has 0 fully saturated rings. The molecule has 0 spiro atoms. The van der Waals surface area contributed by atoms with Gasteiger partial charge in [0, 0.05) is 24.9 Å². The van der Waals surface area contributed by atoms with Crippen molar-refractivity contribution >= 4 is 28.9 Å². The van der Waals surface area contributed by atoms with E-state index in [4.69, 9.17) is 10.5 Å². The van der Waals surface area contributed by atoms with E-state index in [1.165, 1.54) is 12.1 Å². The number of aromatic nitrogens is 2. The van der Waals surface area contributed by atoms with Crippen molar-refractivity contribution in [2.45, 2.75) is 13.8 Å². The average molecular weight is 347 g/mol. The highest BCUT2D eigenvalue weighted by Gasteiger charge is 2.18. The monoisotopic (exact) mass is 347 g/mol. The molecule has 10 heteroatoms. The number of ether oxygens (including phenoxy) is 1. The van der Waals surface area contributed by atoms with E-state index in [9.17, 15) is 19.7 Å². The lowest BCUT2D eigenvalue weighted by atomic mass is 10.1. The van der Waals surface area contributed by atoms with Gasteiger partial charge in [-0.1, -0.05) is 0 Å². The Balaban J connectivity index is 2.03. The number of carbonyl (C=O) groups excluding carboxylic acids is 2. The first-order valence-electron chi connectivity index (χ1n) is 7.21. The molecule has 0 saturated carbocycles. The lowest BCUT2D eigenvalue weighted by Crippen LogP contribution is -2.22. The van der Waals surface area contributed by atoms with E-state index < -0.39 is 23.4 Å². The molecule has 2 rings (SSSR count). The van der Waals surface area contributed by atoms with E-state index in [-0.39, 0.29) is 16.9 Å². The summed E-state index contributed by atoms with van der Waals surface area (Å²) in [6.45, 7) is 2.96. The molecule has 0 aliphatic carbocycles. The summed E-state index contributed by atoms with van der Waals surface area (Å²) in [6, 6.07) is 3.41. The molecular formula is C15H17N5O5. The summed E-state index contributed by atoms with van der Waals surface area (Å²) < 4.78 is 6.50. The first-order chi connectivity index (χ1) is 11.7. The number of nitro benzene ring substituents is 1. The SMILES string of the molecule is Cc1nn(C)c(C)c1NC(=O)COC(=O)c1cc([N+](=O)[O-])ccc1N. The molecule has 0 saturated heterocycles. The van der Waals surface area contributed by atoms with Crippen LogP contribution in [0.1, 0.15) is 21.7 Å². The Hall–Kier alpha value is -3.43. The van der Waals surface area contributed by atoms with Crippen LogP contribution in [0.2, 0.25) is 0 Å². The van der Waals surface area contributed by atoms with Gasteiger partial charge in [0.2, 0.25) is 0 Å². The largest absolute Gasteiger partial charge is 0.452 e. The van der Waals surface area contributed by atoms with E-state index in [0.717, 1.165) is 11.8 Å². The first-order valence-corrected chi connectivity index (χ1v) is 7.21. The van der Waals surface area contributed by atoms with E-state index in [2.05, 4.69) is 10.4 Å². The van der Waals surface area contributed by atoms with Crippen LogP contribution in [0.15, 0.2) is 18.2 Å². The summed E-state index contributed by atoms with van der Waals surface area (Å²) in [5.41, 5.74) is 7.10. The molecule has 3 N–H and O–H groups in total. The van der Waals surface area contributed by atoms with Crippen molar-refractivity contribution in [2.75, 3.05) is 17.7 Å². The number of anilines is 2. The zero-order valence-electron chi connectivity index (χ0n) is 13.9. The van der Waals surface area contributed by atoms with E-state index in [1.807, 2.05) is 0 Å². The molecule has 1 aromatic carbocycles. The van der Waals surface area contributed by atoms with Gasteiger partial charge in [0.15, 0.2) is 6.61 Å². The number of amides is 1. The second-order valence-corrected chi connectivity index (χ2v) is 5.32. The van der Waals surface area contributed by atoms with Crippen molar-refractivity contribution in [3.8, 4) is 0 Å². The zero-order chi connectivity index (χ0) is 18.7. The van der Waals surface area contributed by atoms with Crippen LogP contribution >= 0.6 is 0 Å². The van der Waals surface area contributed by atoms with Crippen LogP contribution in [0, 0.1) is 24.0 Å². The molecule has 1 heterocycles. The van der Waals surface area contributed by atoms with Crippen molar-refractivity contribution < 1.29 is 19.2 Å². The summed E-state index contributed by atoms with van der Waals surface area (Å²) in [6.07, 6.45) is 0. The molecule has 132 valence electrons. The number of aryl methyl sites for hydroxylation is 2. The van der Waals surface area contributed by atoms with Gasteiger partial charge in [-0.05, 0) is 19.9 Å².